The summed E-state index contributed by atoms with van der Waals surface area (Å²) in [6.07, 6.45) is 5.03. The molecule has 0 aliphatic rings. The first-order valence-corrected chi connectivity index (χ1v) is 8.18. The molecule has 3 rings (SSSR count). The predicted octanol–water partition coefficient (Wildman–Crippen LogP) is 4.33. The number of amides is 1. The largest absolute Gasteiger partial charge is 0.328 e. The number of hydrogen-bond donors (Lipinski definition) is 1. The number of hydrogen-bond acceptors (Lipinski definition) is 3. The van der Waals surface area contributed by atoms with E-state index >= 15 is 0 Å². The number of nitrogens with zero attached hydrogens (tertiary/aromatic N) is 2. The van der Waals surface area contributed by atoms with E-state index in [1.54, 1.807) is 35.0 Å². The first-order chi connectivity index (χ1) is 11.2. The van der Waals surface area contributed by atoms with Crippen LogP contribution in [0.15, 0.2) is 77.0 Å². The summed E-state index contributed by atoms with van der Waals surface area (Å²) in [5, 5.41) is 3.65. The molecule has 0 atom stereocenters. The lowest BCUT2D eigenvalue weighted by molar-refractivity contribution is -0.116. The van der Waals surface area contributed by atoms with E-state index in [9.17, 15) is 4.79 Å². The Morgan fingerprint density at radius 2 is 1.96 bits per heavy atom. The Morgan fingerprint density at radius 3 is 2.70 bits per heavy atom. The van der Waals surface area contributed by atoms with Crippen molar-refractivity contribution in [1.82, 2.24) is 9.55 Å². The van der Waals surface area contributed by atoms with Gasteiger partial charge in [-0.1, -0.05) is 35.5 Å². The van der Waals surface area contributed by atoms with E-state index in [4.69, 9.17) is 11.6 Å². The average molecular weight is 344 g/mol. The summed E-state index contributed by atoms with van der Waals surface area (Å²) >= 11 is 7.49. The highest BCUT2D eigenvalue weighted by Crippen LogP contribution is 2.33. The zero-order valence-corrected chi connectivity index (χ0v) is 13.7. The topological polar surface area (TPSA) is 46.9 Å². The van der Waals surface area contributed by atoms with Gasteiger partial charge in [-0.3, -0.25) is 4.79 Å². The maximum Gasteiger partial charge on any atom is 0.244 e. The normalized spacial score (nSPS) is 10.5. The van der Waals surface area contributed by atoms with Crippen molar-refractivity contribution in [2.24, 2.45) is 0 Å². The number of rotatable bonds is 5. The van der Waals surface area contributed by atoms with Crippen molar-refractivity contribution in [1.29, 1.82) is 0 Å². The van der Waals surface area contributed by atoms with Crippen molar-refractivity contribution >= 4 is 35.0 Å². The number of nitrogens with one attached hydrogen (secondary N) is 1. The molecule has 4 nitrogen and oxygen atoms in total. The number of imidazole rings is 1. The quantitative estimate of drug-likeness (QED) is 0.750. The van der Waals surface area contributed by atoms with Crippen molar-refractivity contribution in [3.05, 3.63) is 72.3 Å². The minimum atomic E-state index is -0.0906. The van der Waals surface area contributed by atoms with E-state index in [0.717, 1.165) is 15.5 Å². The molecule has 0 radical (unpaired) electrons. The molecule has 2 aromatic carbocycles. The highest BCUT2D eigenvalue weighted by atomic mass is 35.5. The van der Waals surface area contributed by atoms with Gasteiger partial charge in [0, 0.05) is 27.2 Å². The molecule has 1 N–H and O–H groups in total. The molecule has 0 saturated carbocycles. The Bertz CT molecular complexity index is 788. The van der Waals surface area contributed by atoms with Crippen LogP contribution in [-0.4, -0.2) is 15.5 Å². The zero-order valence-electron chi connectivity index (χ0n) is 12.1. The highest BCUT2D eigenvalue weighted by Gasteiger charge is 2.08. The number of carbonyl (C=O) groups is 1. The van der Waals surface area contributed by atoms with Crippen molar-refractivity contribution in [3.8, 4) is 0 Å². The second-order valence-electron chi connectivity index (χ2n) is 4.84. The van der Waals surface area contributed by atoms with Gasteiger partial charge < -0.3 is 9.88 Å². The summed E-state index contributed by atoms with van der Waals surface area (Å²) < 4.78 is 1.73. The van der Waals surface area contributed by atoms with E-state index in [2.05, 4.69) is 10.3 Å². The lowest BCUT2D eigenvalue weighted by Crippen LogP contribution is -2.18. The van der Waals surface area contributed by atoms with E-state index in [1.807, 2.05) is 48.5 Å². The fourth-order valence-corrected chi connectivity index (χ4v) is 3.05. The third-order valence-electron chi connectivity index (χ3n) is 3.09. The lowest BCUT2D eigenvalue weighted by atomic mass is 10.3. The molecular formula is C17H14ClN3OS. The smallest absolute Gasteiger partial charge is 0.244 e. The van der Waals surface area contributed by atoms with Crippen LogP contribution in [0.25, 0.3) is 0 Å². The van der Waals surface area contributed by atoms with Crippen molar-refractivity contribution in [3.63, 3.8) is 0 Å². The summed E-state index contributed by atoms with van der Waals surface area (Å²) in [6, 6.07) is 15.3. The maximum absolute atomic E-state index is 12.1. The molecule has 0 bridgehead atoms. The van der Waals surface area contributed by atoms with Gasteiger partial charge in [-0.2, -0.15) is 0 Å². The van der Waals surface area contributed by atoms with Crippen molar-refractivity contribution in [2.75, 3.05) is 5.32 Å². The Morgan fingerprint density at radius 1 is 1.17 bits per heavy atom. The molecule has 0 aliphatic heterocycles. The second kappa shape index (κ2) is 7.35. The Hall–Kier alpha value is -2.24. The van der Waals surface area contributed by atoms with Crippen molar-refractivity contribution in [2.45, 2.75) is 16.3 Å². The third kappa shape index (κ3) is 4.37. The van der Waals surface area contributed by atoms with Crippen LogP contribution in [0.1, 0.15) is 0 Å². The zero-order chi connectivity index (χ0) is 16.1. The first-order valence-electron chi connectivity index (χ1n) is 6.99. The molecular weight excluding hydrogens is 330 g/mol. The van der Waals surface area contributed by atoms with Crippen LogP contribution < -0.4 is 5.32 Å². The van der Waals surface area contributed by atoms with Gasteiger partial charge in [0.25, 0.3) is 0 Å². The van der Waals surface area contributed by atoms with Gasteiger partial charge in [0.2, 0.25) is 5.91 Å². The second-order valence-corrected chi connectivity index (χ2v) is 6.39. The van der Waals surface area contributed by atoms with Crippen molar-refractivity contribution < 1.29 is 4.79 Å². The molecule has 0 unspecified atom stereocenters. The van der Waals surface area contributed by atoms with Crippen LogP contribution in [0.4, 0.5) is 5.69 Å². The SMILES string of the molecule is O=C(Cn1ccnc1)Nc1ccccc1Sc1ccc(Cl)cc1. The summed E-state index contributed by atoms with van der Waals surface area (Å²) in [6.45, 7) is 0.236. The van der Waals surface area contributed by atoms with Crippen LogP contribution in [0.5, 0.6) is 0 Å². The first kappa shape index (κ1) is 15.6. The minimum Gasteiger partial charge on any atom is -0.328 e. The van der Waals surface area contributed by atoms with Gasteiger partial charge in [-0.25, -0.2) is 4.98 Å². The lowest BCUT2D eigenvalue weighted by Gasteiger charge is -2.11. The Labute approximate surface area is 143 Å². The fraction of sp³-hybridized carbons (Fsp3) is 0.0588. The van der Waals surface area contributed by atoms with Crippen LogP contribution >= 0.6 is 23.4 Å². The van der Waals surface area contributed by atoms with E-state index in [1.165, 1.54) is 0 Å². The summed E-state index contributed by atoms with van der Waals surface area (Å²) in [5.74, 6) is -0.0906. The number of carbonyl (C=O) groups excluding carboxylic acids is 1. The van der Waals surface area contributed by atoms with Gasteiger partial charge in [0.05, 0.1) is 12.0 Å². The van der Waals surface area contributed by atoms with E-state index < -0.39 is 0 Å². The van der Waals surface area contributed by atoms with Crippen LogP contribution in [0, 0.1) is 0 Å². The third-order valence-corrected chi connectivity index (χ3v) is 4.42. The molecule has 0 aliphatic carbocycles. The summed E-state index contributed by atoms with van der Waals surface area (Å²) in [7, 11) is 0. The van der Waals surface area contributed by atoms with E-state index in [-0.39, 0.29) is 12.5 Å². The molecule has 23 heavy (non-hydrogen) atoms. The average Bonchev–Trinajstić information content (AvgIpc) is 3.04. The molecule has 0 spiro atoms. The number of halogens is 1. The maximum atomic E-state index is 12.1. The Balaban J connectivity index is 1.72. The molecule has 1 aromatic heterocycles. The van der Waals surface area contributed by atoms with Gasteiger partial charge in [0.1, 0.15) is 6.54 Å². The van der Waals surface area contributed by atoms with Gasteiger partial charge in [-0.05, 0) is 36.4 Å². The number of benzene rings is 2. The molecule has 6 heteroatoms. The summed E-state index contributed by atoms with van der Waals surface area (Å²) in [5.41, 5.74) is 0.789. The van der Waals surface area contributed by atoms with Crippen LogP contribution in [0.2, 0.25) is 5.02 Å². The van der Waals surface area contributed by atoms with E-state index in [0.29, 0.717) is 5.02 Å². The Kier molecular flexibility index (Phi) is 5.00. The number of anilines is 1. The van der Waals surface area contributed by atoms with Crippen LogP contribution in [-0.2, 0) is 11.3 Å². The minimum absolute atomic E-state index is 0.0906. The molecule has 1 heterocycles. The monoisotopic (exact) mass is 343 g/mol. The van der Waals surface area contributed by atoms with Gasteiger partial charge in [-0.15, -0.1) is 0 Å². The van der Waals surface area contributed by atoms with Gasteiger partial charge in [0.15, 0.2) is 0 Å². The number of para-hydroxylation sites is 1. The molecule has 3 aromatic rings. The molecule has 116 valence electrons. The highest BCUT2D eigenvalue weighted by molar-refractivity contribution is 7.99. The van der Waals surface area contributed by atoms with Crippen LogP contribution in [0.3, 0.4) is 0 Å². The van der Waals surface area contributed by atoms with Gasteiger partial charge >= 0.3 is 0 Å². The number of aromatic nitrogens is 2. The standard InChI is InChI=1S/C17H14ClN3OS/c18-13-5-7-14(8-6-13)23-16-4-2-1-3-15(16)20-17(22)11-21-10-9-19-12-21/h1-10,12H,11H2,(H,20,22). The molecule has 0 fully saturated rings. The molecule has 0 saturated heterocycles. The summed E-state index contributed by atoms with van der Waals surface area (Å²) in [4.78, 5) is 18.1. The molecule has 1 amide bonds. The fourth-order valence-electron chi connectivity index (χ4n) is 2.02. The predicted molar refractivity (Wildman–Crippen MR) is 92.9 cm³/mol.